The van der Waals surface area contributed by atoms with E-state index in [9.17, 15) is 18.5 Å². The maximum atomic E-state index is 11.8. The van der Waals surface area contributed by atoms with Crippen LogP contribution in [0.2, 0.25) is 0 Å². The molecule has 0 aliphatic carbocycles. The highest BCUT2D eigenvalue weighted by atomic mass is 32.2. The molecule has 0 amide bonds. The van der Waals surface area contributed by atoms with Crippen molar-refractivity contribution in [1.82, 2.24) is 9.78 Å². The van der Waals surface area contributed by atoms with E-state index in [1.54, 1.807) is 41.1 Å². The second kappa shape index (κ2) is 9.92. The number of oxime groups is 1. The van der Waals surface area contributed by atoms with Crippen LogP contribution < -0.4 is 0 Å². The van der Waals surface area contributed by atoms with Crippen molar-refractivity contribution in [2.24, 2.45) is 5.16 Å². The molecule has 0 saturated heterocycles. The third-order valence-electron chi connectivity index (χ3n) is 4.69. The van der Waals surface area contributed by atoms with Crippen LogP contribution in [0.25, 0.3) is 16.9 Å². The SMILES string of the molecule is CS(=O)(=O)c1ccc(-c2cc(CCCC(=NO)O[N+](=O)[O-])nn2-c2ccc(C#N)cc2)cc1. The summed E-state index contributed by atoms with van der Waals surface area (Å²) in [7, 11) is -3.34. The van der Waals surface area contributed by atoms with Crippen molar-refractivity contribution in [1.29, 1.82) is 5.26 Å². The minimum absolute atomic E-state index is 0.0274. The van der Waals surface area contributed by atoms with Crippen molar-refractivity contribution in [2.45, 2.75) is 24.2 Å². The van der Waals surface area contributed by atoms with Gasteiger partial charge in [0.2, 0.25) is 5.90 Å². The molecule has 33 heavy (non-hydrogen) atoms. The molecule has 3 aromatic rings. The van der Waals surface area contributed by atoms with Gasteiger partial charge in [-0.25, -0.2) is 13.1 Å². The second-order valence-electron chi connectivity index (χ2n) is 7.05. The van der Waals surface area contributed by atoms with Crippen LogP contribution in [0.4, 0.5) is 0 Å². The first-order chi connectivity index (χ1) is 15.7. The number of nitriles is 1. The van der Waals surface area contributed by atoms with E-state index >= 15 is 0 Å². The smallest absolute Gasteiger partial charge is 0.301 e. The lowest BCUT2D eigenvalue weighted by Gasteiger charge is -2.08. The Morgan fingerprint density at radius 3 is 2.45 bits per heavy atom. The van der Waals surface area contributed by atoms with Crippen LogP contribution >= 0.6 is 0 Å². The lowest BCUT2D eigenvalue weighted by molar-refractivity contribution is -0.724. The highest BCUT2D eigenvalue weighted by Crippen LogP contribution is 2.26. The predicted octanol–water partition coefficient (Wildman–Crippen LogP) is 3.13. The molecule has 12 heteroatoms. The number of aryl methyl sites for hydroxylation is 1. The summed E-state index contributed by atoms with van der Waals surface area (Å²) in [6.07, 6.45) is 1.93. The Bertz CT molecular complexity index is 1320. The largest absolute Gasteiger partial charge is 0.409 e. The first kappa shape index (κ1) is 23.4. The fraction of sp³-hybridized carbons (Fsp3) is 0.190. The number of benzene rings is 2. The second-order valence-corrected chi connectivity index (χ2v) is 9.07. The van der Waals surface area contributed by atoms with Gasteiger partial charge in [-0.3, -0.25) is 4.84 Å². The van der Waals surface area contributed by atoms with Crippen molar-refractivity contribution in [3.8, 4) is 23.0 Å². The maximum Gasteiger partial charge on any atom is 0.301 e. The molecule has 1 N–H and O–H groups in total. The van der Waals surface area contributed by atoms with E-state index in [0.29, 0.717) is 35.5 Å². The van der Waals surface area contributed by atoms with Gasteiger partial charge in [-0.2, -0.15) is 10.4 Å². The van der Waals surface area contributed by atoms with Crippen molar-refractivity contribution in [3.63, 3.8) is 0 Å². The zero-order valence-electron chi connectivity index (χ0n) is 17.5. The van der Waals surface area contributed by atoms with Gasteiger partial charge >= 0.3 is 5.09 Å². The van der Waals surface area contributed by atoms with Crippen LogP contribution in [0, 0.1) is 21.4 Å². The molecule has 0 aliphatic rings. The van der Waals surface area contributed by atoms with Crippen LogP contribution in [0.15, 0.2) is 64.6 Å². The Morgan fingerprint density at radius 2 is 1.91 bits per heavy atom. The van der Waals surface area contributed by atoms with Gasteiger partial charge < -0.3 is 5.21 Å². The molecule has 0 saturated carbocycles. The monoisotopic (exact) mass is 469 g/mol. The van der Waals surface area contributed by atoms with Crippen LogP contribution in [0.1, 0.15) is 24.1 Å². The summed E-state index contributed by atoms with van der Waals surface area (Å²) in [4.78, 5) is 14.8. The predicted molar refractivity (Wildman–Crippen MR) is 117 cm³/mol. The van der Waals surface area contributed by atoms with E-state index in [2.05, 4.69) is 21.2 Å². The molecule has 3 rings (SSSR count). The highest BCUT2D eigenvalue weighted by molar-refractivity contribution is 7.90. The zero-order chi connectivity index (χ0) is 24.0. The van der Waals surface area contributed by atoms with Crippen molar-refractivity contribution < 1.29 is 23.5 Å². The minimum Gasteiger partial charge on any atom is -0.409 e. The molecule has 0 radical (unpaired) electrons. The summed E-state index contributed by atoms with van der Waals surface area (Å²) in [6, 6.07) is 17.1. The van der Waals surface area contributed by atoms with Crippen LogP contribution in [-0.2, 0) is 21.1 Å². The molecule has 0 aliphatic heterocycles. The zero-order valence-corrected chi connectivity index (χ0v) is 18.3. The number of nitrogens with zero attached hydrogens (tertiary/aromatic N) is 5. The number of sulfone groups is 1. The average molecular weight is 469 g/mol. The Hall–Kier alpha value is -4.24. The van der Waals surface area contributed by atoms with Gasteiger partial charge in [0.15, 0.2) is 9.84 Å². The summed E-state index contributed by atoms with van der Waals surface area (Å²) in [5.41, 5.74) is 3.25. The molecule has 11 nitrogen and oxygen atoms in total. The molecule has 1 aromatic heterocycles. The topological polar surface area (TPSA) is 161 Å². The average Bonchev–Trinajstić information content (AvgIpc) is 3.22. The van der Waals surface area contributed by atoms with Crippen molar-refractivity contribution >= 4 is 15.7 Å². The van der Waals surface area contributed by atoms with Gasteiger partial charge in [0.05, 0.1) is 33.6 Å². The molecule has 0 bridgehead atoms. The Balaban J connectivity index is 1.92. The molecule has 0 spiro atoms. The summed E-state index contributed by atoms with van der Waals surface area (Å²) >= 11 is 0. The van der Waals surface area contributed by atoms with E-state index in [1.165, 1.54) is 12.1 Å². The van der Waals surface area contributed by atoms with E-state index in [-0.39, 0.29) is 11.3 Å². The first-order valence-corrected chi connectivity index (χ1v) is 11.5. The summed E-state index contributed by atoms with van der Waals surface area (Å²) < 4.78 is 25.2. The molecular formula is C21H19N5O6S. The van der Waals surface area contributed by atoms with Gasteiger partial charge in [-0.1, -0.05) is 17.3 Å². The summed E-state index contributed by atoms with van der Waals surface area (Å²) in [6.45, 7) is 0. The van der Waals surface area contributed by atoms with Crippen molar-refractivity contribution in [2.75, 3.05) is 6.26 Å². The van der Waals surface area contributed by atoms with Gasteiger partial charge in [0, 0.05) is 18.2 Å². The third-order valence-corrected chi connectivity index (χ3v) is 5.82. The lowest BCUT2D eigenvalue weighted by atomic mass is 10.1. The fourth-order valence-electron chi connectivity index (χ4n) is 3.13. The van der Waals surface area contributed by atoms with Gasteiger partial charge in [0.1, 0.15) is 0 Å². The lowest BCUT2D eigenvalue weighted by Crippen LogP contribution is -2.11. The quantitative estimate of drug-likeness (QED) is 0.173. The van der Waals surface area contributed by atoms with E-state index in [0.717, 1.165) is 11.8 Å². The van der Waals surface area contributed by atoms with E-state index < -0.39 is 20.8 Å². The molecule has 2 aromatic carbocycles. The van der Waals surface area contributed by atoms with Gasteiger partial charge in [0.25, 0.3) is 0 Å². The molecule has 1 heterocycles. The summed E-state index contributed by atoms with van der Waals surface area (Å²) in [5, 5.41) is 34.6. The number of hydrogen-bond donors (Lipinski definition) is 1. The van der Waals surface area contributed by atoms with Crippen LogP contribution in [0.5, 0.6) is 0 Å². The minimum atomic E-state index is -3.34. The Kier molecular flexibility index (Phi) is 7.04. The van der Waals surface area contributed by atoms with Crippen molar-refractivity contribution in [3.05, 3.63) is 76.0 Å². The molecule has 170 valence electrons. The molecule has 0 unspecified atom stereocenters. The van der Waals surface area contributed by atoms with Crippen LogP contribution in [0.3, 0.4) is 0 Å². The van der Waals surface area contributed by atoms with E-state index in [1.807, 2.05) is 6.07 Å². The molecule has 0 fully saturated rings. The third kappa shape index (κ3) is 5.92. The number of hydrogen-bond acceptors (Lipinski definition) is 9. The number of rotatable bonds is 8. The Labute approximate surface area is 189 Å². The van der Waals surface area contributed by atoms with Gasteiger partial charge in [-0.15, -0.1) is 10.1 Å². The Morgan fingerprint density at radius 1 is 1.24 bits per heavy atom. The van der Waals surface area contributed by atoms with Gasteiger partial charge in [-0.05, 0) is 55.3 Å². The molecular weight excluding hydrogens is 450 g/mol. The first-order valence-electron chi connectivity index (χ1n) is 9.64. The normalized spacial score (nSPS) is 11.7. The van der Waals surface area contributed by atoms with Crippen LogP contribution in [-0.4, -0.2) is 40.6 Å². The fourth-order valence-corrected chi connectivity index (χ4v) is 3.76. The number of aromatic nitrogens is 2. The highest BCUT2D eigenvalue weighted by Gasteiger charge is 2.15. The molecule has 0 atom stereocenters. The summed E-state index contributed by atoms with van der Waals surface area (Å²) in [5.74, 6) is -0.414. The standard InChI is InChI=1S/C21H19N5O6S/c1-33(30,31)19-11-7-16(8-12-19)20-13-17(3-2-4-21(24-27)32-26(28)29)23-25(20)18-9-5-15(14-22)6-10-18/h5-13,27H,2-4H2,1H3. The maximum absolute atomic E-state index is 11.8. The van der Waals surface area contributed by atoms with E-state index in [4.69, 9.17) is 10.5 Å².